The quantitative estimate of drug-likeness (QED) is 0.757. The van der Waals surface area contributed by atoms with Gasteiger partial charge < -0.3 is 15.4 Å². The molecule has 1 aromatic carbocycles. The number of halogens is 1. The Morgan fingerprint density at radius 3 is 2.56 bits per heavy atom. The third kappa shape index (κ3) is 6.05. The predicted octanol–water partition coefficient (Wildman–Crippen LogP) is 2.45. The lowest BCUT2D eigenvalue weighted by atomic mass is 9.95. The van der Waals surface area contributed by atoms with Crippen LogP contribution in [-0.2, 0) is 14.3 Å². The zero-order chi connectivity index (χ0) is 18.2. The van der Waals surface area contributed by atoms with Crippen LogP contribution in [0.15, 0.2) is 24.3 Å². The highest BCUT2D eigenvalue weighted by Crippen LogP contribution is 2.17. The van der Waals surface area contributed by atoms with Crippen LogP contribution in [0.5, 0.6) is 0 Å². The average Bonchev–Trinajstić information content (AvgIpc) is 2.60. The first-order valence-electron chi connectivity index (χ1n) is 8.48. The maximum atomic E-state index is 12.1. The van der Waals surface area contributed by atoms with E-state index in [1.54, 1.807) is 24.3 Å². The van der Waals surface area contributed by atoms with E-state index in [1.165, 1.54) is 13.3 Å². The lowest BCUT2D eigenvalue weighted by Gasteiger charge is -2.22. The van der Waals surface area contributed by atoms with Crippen LogP contribution in [0, 0.1) is 0 Å². The van der Waals surface area contributed by atoms with E-state index in [4.69, 9.17) is 16.3 Å². The summed E-state index contributed by atoms with van der Waals surface area (Å²) in [4.78, 5) is 35.9. The van der Waals surface area contributed by atoms with Gasteiger partial charge >= 0.3 is 5.97 Å². The number of esters is 1. The van der Waals surface area contributed by atoms with Crippen LogP contribution in [0.2, 0.25) is 5.02 Å². The summed E-state index contributed by atoms with van der Waals surface area (Å²) in [6.07, 6.45) is 5.34. The van der Waals surface area contributed by atoms with Crippen molar-refractivity contribution in [2.24, 2.45) is 0 Å². The molecule has 7 heteroatoms. The third-order valence-electron chi connectivity index (χ3n) is 4.14. The molecule has 25 heavy (non-hydrogen) atoms. The summed E-state index contributed by atoms with van der Waals surface area (Å²) in [5.74, 6) is -1.45. The van der Waals surface area contributed by atoms with E-state index in [0.717, 1.165) is 25.7 Å². The molecule has 2 rings (SSSR count). The van der Waals surface area contributed by atoms with Gasteiger partial charge in [0, 0.05) is 6.04 Å². The van der Waals surface area contributed by atoms with E-state index in [-0.39, 0.29) is 24.1 Å². The Labute approximate surface area is 152 Å². The van der Waals surface area contributed by atoms with Crippen molar-refractivity contribution in [1.29, 1.82) is 0 Å². The fourth-order valence-electron chi connectivity index (χ4n) is 2.76. The highest BCUT2D eigenvalue weighted by molar-refractivity contribution is 6.33. The van der Waals surface area contributed by atoms with Crippen molar-refractivity contribution < 1.29 is 19.1 Å². The standard InChI is InChI=1S/C18H23ClN2O4/c1-12(20-17(23)14-9-5-6-10-15(14)19)18(24)25-11-16(22)21-13-7-3-2-4-8-13/h5-6,9-10,12-13H,2-4,7-8,11H2,1H3,(H,20,23)(H,21,22)/t12-/m1/s1. The second-order valence-electron chi connectivity index (χ2n) is 6.19. The van der Waals surface area contributed by atoms with Crippen molar-refractivity contribution in [3.8, 4) is 0 Å². The Bertz CT molecular complexity index is 629. The lowest BCUT2D eigenvalue weighted by molar-refractivity contribution is -0.150. The second-order valence-corrected chi connectivity index (χ2v) is 6.59. The molecule has 0 radical (unpaired) electrons. The van der Waals surface area contributed by atoms with E-state index in [9.17, 15) is 14.4 Å². The zero-order valence-corrected chi connectivity index (χ0v) is 15.0. The van der Waals surface area contributed by atoms with Crippen molar-refractivity contribution in [3.63, 3.8) is 0 Å². The van der Waals surface area contributed by atoms with Crippen molar-refractivity contribution in [3.05, 3.63) is 34.9 Å². The number of hydrogen-bond acceptors (Lipinski definition) is 4. The maximum Gasteiger partial charge on any atom is 0.328 e. The van der Waals surface area contributed by atoms with Gasteiger partial charge in [-0.1, -0.05) is 43.0 Å². The lowest BCUT2D eigenvalue weighted by Crippen LogP contribution is -2.42. The van der Waals surface area contributed by atoms with Gasteiger partial charge in [0.15, 0.2) is 6.61 Å². The monoisotopic (exact) mass is 366 g/mol. The predicted molar refractivity (Wildman–Crippen MR) is 94.4 cm³/mol. The molecule has 136 valence electrons. The summed E-state index contributed by atoms with van der Waals surface area (Å²) in [6, 6.07) is 5.83. The molecular formula is C18H23ClN2O4. The highest BCUT2D eigenvalue weighted by Gasteiger charge is 2.21. The Balaban J connectivity index is 1.75. The molecule has 1 atom stereocenters. The summed E-state index contributed by atoms with van der Waals surface area (Å²) in [5, 5.41) is 5.68. The zero-order valence-electron chi connectivity index (χ0n) is 14.2. The highest BCUT2D eigenvalue weighted by atomic mass is 35.5. The summed E-state index contributed by atoms with van der Waals surface area (Å²) >= 11 is 5.95. The summed E-state index contributed by atoms with van der Waals surface area (Å²) in [5.41, 5.74) is 0.277. The topological polar surface area (TPSA) is 84.5 Å². The van der Waals surface area contributed by atoms with Crippen molar-refractivity contribution in [2.75, 3.05) is 6.61 Å². The molecule has 0 saturated heterocycles. The minimum absolute atomic E-state index is 0.164. The molecule has 1 saturated carbocycles. The minimum atomic E-state index is -0.883. The molecule has 0 aromatic heterocycles. The van der Waals surface area contributed by atoms with Gasteiger partial charge in [-0.25, -0.2) is 4.79 Å². The molecule has 6 nitrogen and oxygen atoms in total. The fraction of sp³-hybridized carbons (Fsp3) is 0.500. The Morgan fingerprint density at radius 2 is 1.88 bits per heavy atom. The Kier molecular flexibility index (Phi) is 7.25. The van der Waals surface area contributed by atoms with Gasteiger partial charge in [0.2, 0.25) is 0 Å². The number of hydrogen-bond donors (Lipinski definition) is 2. The van der Waals surface area contributed by atoms with Gasteiger partial charge in [0.25, 0.3) is 11.8 Å². The molecule has 0 unspecified atom stereocenters. The van der Waals surface area contributed by atoms with Crippen LogP contribution in [0.1, 0.15) is 49.4 Å². The van der Waals surface area contributed by atoms with E-state index in [1.807, 2.05) is 0 Å². The number of nitrogens with one attached hydrogen (secondary N) is 2. The fourth-order valence-corrected chi connectivity index (χ4v) is 2.98. The van der Waals surface area contributed by atoms with Crippen LogP contribution in [0.25, 0.3) is 0 Å². The number of amides is 2. The van der Waals surface area contributed by atoms with Gasteiger partial charge in [-0.05, 0) is 31.9 Å². The Morgan fingerprint density at radius 1 is 1.20 bits per heavy atom. The van der Waals surface area contributed by atoms with Crippen molar-refractivity contribution in [2.45, 2.75) is 51.1 Å². The molecule has 0 bridgehead atoms. The minimum Gasteiger partial charge on any atom is -0.454 e. The van der Waals surface area contributed by atoms with E-state index in [2.05, 4.69) is 10.6 Å². The van der Waals surface area contributed by atoms with Gasteiger partial charge in [0.05, 0.1) is 10.6 Å². The number of benzene rings is 1. The smallest absolute Gasteiger partial charge is 0.328 e. The van der Waals surface area contributed by atoms with E-state index >= 15 is 0 Å². The molecule has 0 heterocycles. The van der Waals surface area contributed by atoms with E-state index < -0.39 is 17.9 Å². The maximum absolute atomic E-state index is 12.1. The normalized spacial score (nSPS) is 15.9. The van der Waals surface area contributed by atoms with Gasteiger partial charge in [-0.15, -0.1) is 0 Å². The summed E-state index contributed by atoms with van der Waals surface area (Å²) in [6.45, 7) is 1.15. The molecule has 1 aromatic rings. The van der Waals surface area contributed by atoms with Crippen LogP contribution in [-0.4, -0.2) is 36.5 Å². The van der Waals surface area contributed by atoms with Crippen LogP contribution >= 0.6 is 11.6 Å². The second kappa shape index (κ2) is 9.42. The summed E-state index contributed by atoms with van der Waals surface area (Å²) < 4.78 is 4.98. The first kappa shape index (κ1) is 19.2. The average molecular weight is 367 g/mol. The molecule has 1 aliphatic rings. The number of carbonyl (C=O) groups excluding carboxylic acids is 3. The molecular weight excluding hydrogens is 344 g/mol. The third-order valence-corrected chi connectivity index (χ3v) is 4.47. The molecule has 1 aliphatic carbocycles. The first-order chi connectivity index (χ1) is 12.0. The largest absolute Gasteiger partial charge is 0.454 e. The number of ether oxygens (including phenoxy) is 1. The molecule has 0 spiro atoms. The Hall–Kier alpha value is -2.08. The van der Waals surface area contributed by atoms with Crippen molar-refractivity contribution >= 4 is 29.4 Å². The van der Waals surface area contributed by atoms with Gasteiger partial charge in [-0.2, -0.15) is 0 Å². The first-order valence-corrected chi connectivity index (χ1v) is 8.86. The van der Waals surface area contributed by atoms with Crippen molar-refractivity contribution in [1.82, 2.24) is 10.6 Å². The van der Waals surface area contributed by atoms with Gasteiger partial charge in [-0.3, -0.25) is 9.59 Å². The molecule has 2 amide bonds. The number of rotatable bonds is 6. The SMILES string of the molecule is C[C@@H](NC(=O)c1ccccc1Cl)C(=O)OCC(=O)NC1CCCCC1. The van der Waals surface area contributed by atoms with Crippen LogP contribution < -0.4 is 10.6 Å². The molecule has 1 fully saturated rings. The summed E-state index contributed by atoms with van der Waals surface area (Å²) in [7, 11) is 0. The molecule has 0 aliphatic heterocycles. The number of carbonyl (C=O) groups is 3. The van der Waals surface area contributed by atoms with Crippen LogP contribution in [0.3, 0.4) is 0 Å². The van der Waals surface area contributed by atoms with E-state index in [0.29, 0.717) is 5.02 Å². The van der Waals surface area contributed by atoms with Crippen LogP contribution in [0.4, 0.5) is 0 Å². The van der Waals surface area contributed by atoms with Gasteiger partial charge in [0.1, 0.15) is 6.04 Å². The molecule has 2 N–H and O–H groups in total.